The summed E-state index contributed by atoms with van der Waals surface area (Å²) in [4.78, 5) is 0. The van der Waals surface area contributed by atoms with Crippen molar-refractivity contribution in [2.75, 3.05) is 26.9 Å². The molecule has 0 saturated carbocycles. The van der Waals surface area contributed by atoms with Gasteiger partial charge in [-0.15, -0.1) is 0 Å². The maximum atomic E-state index is 9.53. The molecule has 0 aliphatic carbocycles. The van der Waals surface area contributed by atoms with E-state index < -0.39 is 24.6 Å². The van der Waals surface area contributed by atoms with Gasteiger partial charge in [0.25, 0.3) is 0 Å². The van der Waals surface area contributed by atoms with Gasteiger partial charge in [-0.2, -0.15) is 0 Å². The Morgan fingerprint density at radius 1 is 1.29 bits per heavy atom. The summed E-state index contributed by atoms with van der Waals surface area (Å²) in [5, 5.41) is 28.0. The van der Waals surface area contributed by atoms with Crippen molar-refractivity contribution in [2.24, 2.45) is 0 Å². The summed E-state index contributed by atoms with van der Waals surface area (Å²) in [5.74, 6) is 0. The molecule has 1 heterocycles. The second kappa shape index (κ2) is 7.75. The lowest BCUT2D eigenvalue weighted by Gasteiger charge is -2.35. The van der Waals surface area contributed by atoms with E-state index in [0.717, 1.165) is 0 Å². The van der Waals surface area contributed by atoms with Crippen LogP contribution in [0.1, 0.15) is 6.42 Å². The molecule has 3 N–H and O–H groups in total. The van der Waals surface area contributed by atoms with Gasteiger partial charge in [0.2, 0.25) is 0 Å². The van der Waals surface area contributed by atoms with Crippen LogP contribution in [0.5, 0.6) is 0 Å². The first-order valence-electron chi connectivity index (χ1n) is 5.57. The molecule has 6 nitrogen and oxygen atoms in total. The fraction of sp³-hybridized carbons (Fsp3) is 0.818. The summed E-state index contributed by atoms with van der Waals surface area (Å²) in [6.45, 7) is 0.488. The van der Waals surface area contributed by atoms with Gasteiger partial charge in [0.05, 0.1) is 25.9 Å². The van der Waals surface area contributed by atoms with Crippen LogP contribution in [0.4, 0.5) is 0 Å². The molecule has 0 amide bonds. The zero-order valence-corrected chi connectivity index (χ0v) is 9.86. The minimum Gasteiger partial charge on any atom is -0.394 e. The van der Waals surface area contributed by atoms with Crippen LogP contribution in [0.15, 0.2) is 12.2 Å². The number of ether oxygens (including phenoxy) is 3. The van der Waals surface area contributed by atoms with E-state index in [0.29, 0.717) is 13.2 Å². The molecule has 0 aromatic rings. The SMILES string of the molecule is COC/C=C\COC1CC(O)C(O)C(CO)O1. The third kappa shape index (κ3) is 4.71. The van der Waals surface area contributed by atoms with E-state index in [1.165, 1.54) is 0 Å². The molecule has 0 bridgehead atoms. The second-order valence-electron chi connectivity index (χ2n) is 3.84. The summed E-state index contributed by atoms with van der Waals surface area (Å²) in [7, 11) is 1.60. The molecule has 1 saturated heterocycles. The largest absolute Gasteiger partial charge is 0.394 e. The molecule has 1 fully saturated rings. The highest BCUT2D eigenvalue weighted by Crippen LogP contribution is 2.20. The molecular formula is C11H20O6. The molecule has 17 heavy (non-hydrogen) atoms. The standard InChI is InChI=1S/C11H20O6/c1-15-4-2-3-5-16-10-6-8(13)11(14)9(7-12)17-10/h2-3,8-14H,4-7H2,1H3/b3-2-. The highest BCUT2D eigenvalue weighted by molar-refractivity contribution is 4.84. The summed E-state index contributed by atoms with van der Waals surface area (Å²) in [5.41, 5.74) is 0. The van der Waals surface area contributed by atoms with Crippen molar-refractivity contribution in [2.45, 2.75) is 31.0 Å². The van der Waals surface area contributed by atoms with Crippen molar-refractivity contribution in [1.29, 1.82) is 0 Å². The minimum atomic E-state index is -1.07. The summed E-state index contributed by atoms with van der Waals surface area (Å²) in [6.07, 6.45) is 0.355. The number of hydrogen-bond donors (Lipinski definition) is 3. The van der Waals surface area contributed by atoms with Crippen LogP contribution in [0.25, 0.3) is 0 Å². The molecular weight excluding hydrogens is 228 g/mol. The van der Waals surface area contributed by atoms with Crippen LogP contribution in [-0.4, -0.2) is 66.9 Å². The Bertz CT molecular complexity index is 232. The first-order chi connectivity index (χ1) is 8.19. The zero-order chi connectivity index (χ0) is 12.7. The Morgan fingerprint density at radius 3 is 2.65 bits per heavy atom. The molecule has 0 spiro atoms. The van der Waals surface area contributed by atoms with Crippen molar-refractivity contribution in [3.05, 3.63) is 12.2 Å². The van der Waals surface area contributed by atoms with Crippen LogP contribution in [0, 0.1) is 0 Å². The summed E-state index contributed by atoms with van der Waals surface area (Å²) in [6, 6.07) is 0. The van der Waals surface area contributed by atoms with Gasteiger partial charge in [-0.25, -0.2) is 0 Å². The topological polar surface area (TPSA) is 88.4 Å². The lowest BCUT2D eigenvalue weighted by molar-refractivity contribution is -0.253. The third-order valence-electron chi connectivity index (χ3n) is 2.52. The van der Waals surface area contributed by atoms with E-state index in [4.69, 9.17) is 19.3 Å². The van der Waals surface area contributed by atoms with Gasteiger partial charge in [0.1, 0.15) is 12.2 Å². The first-order valence-corrected chi connectivity index (χ1v) is 5.57. The fourth-order valence-electron chi connectivity index (χ4n) is 1.57. The van der Waals surface area contributed by atoms with Crippen LogP contribution in [0.2, 0.25) is 0 Å². The van der Waals surface area contributed by atoms with Crippen LogP contribution in [0.3, 0.4) is 0 Å². The molecule has 0 aromatic carbocycles. The third-order valence-corrected chi connectivity index (χ3v) is 2.52. The molecule has 4 atom stereocenters. The number of aliphatic hydroxyl groups excluding tert-OH is 3. The molecule has 1 aliphatic rings. The van der Waals surface area contributed by atoms with Gasteiger partial charge in [0.15, 0.2) is 6.29 Å². The van der Waals surface area contributed by atoms with Gasteiger partial charge in [-0.1, -0.05) is 12.2 Å². The maximum Gasteiger partial charge on any atom is 0.161 e. The van der Waals surface area contributed by atoms with Crippen LogP contribution in [-0.2, 0) is 14.2 Å². The minimum absolute atomic E-state index is 0.190. The summed E-state index contributed by atoms with van der Waals surface area (Å²) < 4.78 is 15.4. The molecule has 100 valence electrons. The maximum absolute atomic E-state index is 9.53. The molecule has 4 unspecified atom stereocenters. The van der Waals surface area contributed by atoms with Crippen LogP contribution >= 0.6 is 0 Å². The summed E-state index contributed by atoms with van der Waals surface area (Å²) >= 11 is 0. The van der Waals surface area contributed by atoms with Gasteiger partial charge in [0, 0.05) is 13.5 Å². The van der Waals surface area contributed by atoms with Crippen LogP contribution < -0.4 is 0 Å². The average molecular weight is 248 g/mol. The van der Waals surface area contributed by atoms with Crippen molar-refractivity contribution < 1.29 is 29.5 Å². The van der Waals surface area contributed by atoms with Crippen molar-refractivity contribution in [1.82, 2.24) is 0 Å². The normalized spacial score (nSPS) is 34.4. The van der Waals surface area contributed by atoms with E-state index in [2.05, 4.69) is 0 Å². The Hall–Kier alpha value is -0.500. The molecule has 1 aliphatic heterocycles. The first kappa shape index (κ1) is 14.6. The van der Waals surface area contributed by atoms with Gasteiger partial charge < -0.3 is 29.5 Å². The smallest absolute Gasteiger partial charge is 0.161 e. The predicted octanol–water partition coefficient (Wildman–Crippen LogP) is -0.965. The number of rotatable bonds is 6. The Kier molecular flexibility index (Phi) is 6.64. The predicted molar refractivity (Wildman–Crippen MR) is 59.3 cm³/mol. The Morgan fingerprint density at radius 2 is 2.00 bits per heavy atom. The lowest BCUT2D eigenvalue weighted by Crippen LogP contribution is -2.50. The van der Waals surface area contributed by atoms with Crippen molar-refractivity contribution in [3.63, 3.8) is 0 Å². The molecule has 0 radical (unpaired) electrons. The van der Waals surface area contributed by atoms with Crippen molar-refractivity contribution in [3.8, 4) is 0 Å². The quantitative estimate of drug-likeness (QED) is 0.524. The van der Waals surface area contributed by atoms with Gasteiger partial charge in [-0.3, -0.25) is 0 Å². The number of methoxy groups -OCH3 is 1. The number of hydrogen-bond acceptors (Lipinski definition) is 6. The van der Waals surface area contributed by atoms with E-state index in [9.17, 15) is 10.2 Å². The Labute approximate surface area is 100 Å². The van der Waals surface area contributed by atoms with E-state index in [-0.39, 0.29) is 13.0 Å². The Balaban J connectivity index is 2.29. The number of aliphatic hydroxyl groups is 3. The highest BCUT2D eigenvalue weighted by atomic mass is 16.7. The average Bonchev–Trinajstić information content (AvgIpc) is 2.33. The van der Waals surface area contributed by atoms with Gasteiger partial charge in [-0.05, 0) is 0 Å². The second-order valence-corrected chi connectivity index (χ2v) is 3.84. The van der Waals surface area contributed by atoms with Crippen molar-refractivity contribution >= 4 is 0 Å². The monoisotopic (exact) mass is 248 g/mol. The molecule has 0 aromatic heterocycles. The van der Waals surface area contributed by atoms with E-state index in [1.54, 1.807) is 19.3 Å². The van der Waals surface area contributed by atoms with E-state index in [1.807, 2.05) is 0 Å². The molecule has 6 heteroatoms. The lowest BCUT2D eigenvalue weighted by atomic mass is 10.0. The fourth-order valence-corrected chi connectivity index (χ4v) is 1.57. The highest BCUT2D eigenvalue weighted by Gasteiger charge is 2.36. The van der Waals surface area contributed by atoms with E-state index >= 15 is 0 Å². The molecule has 1 rings (SSSR count). The van der Waals surface area contributed by atoms with Gasteiger partial charge >= 0.3 is 0 Å². The zero-order valence-electron chi connectivity index (χ0n) is 9.86.